The van der Waals surface area contributed by atoms with Crippen LogP contribution in [0.25, 0.3) is 22.3 Å². The minimum absolute atomic E-state index is 0.0386. The third-order valence-electron chi connectivity index (χ3n) is 9.13. The first-order valence-corrected chi connectivity index (χ1v) is 17.1. The summed E-state index contributed by atoms with van der Waals surface area (Å²) in [6, 6.07) is 37.1. The molecule has 0 spiro atoms. The SMILES string of the molecule is CC1(c2cccc(-c3ccc4c(c3)Oc3cccc5c3B4c3ccc(-c4cccc(C6=NCCS6)c4)cc3O5)c2)NCCS1. The standard InChI is InChI=1S/C37H29BN2O2S2/c1-37(40-16-18-44-37)28-8-3-6-24(20-28)26-12-14-30-34(22-26)42-32-10-4-9-31-35(32)38(30)29-13-11-25(21-33(29)41-31)23-5-2-7-27(19-23)36-39-15-17-43-36/h2-14,19-22,40H,15-18H2,1H3. The maximum absolute atomic E-state index is 6.60. The van der Waals surface area contributed by atoms with Crippen molar-refractivity contribution in [3.63, 3.8) is 0 Å². The van der Waals surface area contributed by atoms with Gasteiger partial charge in [-0.25, -0.2) is 0 Å². The van der Waals surface area contributed by atoms with Gasteiger partial charge in [0.1, 0.15) is 23.0 Å². The maximum atomic E-state index is 6.60. The van der Waals surface area contributed by atoms with E-state index in [1.54, 1.807) is 0 Å². The molecule has 1 atom stereocenters. The Balaban J connectivity index is 1.11. The molecule has 0 saturated carbocycles. The fourth-order valence-electron chi connectivity index (χ4n) is 6.90. The molecule has 0 radical (unpaired) electrons. The molecule has 4 nitrogen and oxygen atoms in total. The first kappa shape index (κ1) is 26.5. The number of benzene rings is 5. The summed E-state index contributed by atoms with van der Waals surface area (Å²) in [6.07, 6.45) is 0. The molecular weight excluding hydrogens is 579 g/mol. The molecule has 0 amide bonds. The number of rotatable bonds is 4. The molecule has 44 heavy (non-hydrogen) atoms. The van der Waals surface area contributed by atoms with Gasteiger partial charge in [-0.3, -0.25) is 10.3 Å². The minimum Gasteiger partial charge on any atom is -0.458 e. The van der Waals surface area contributed by atoms with Crippen LogP contribution in [0, 0.1) is 0 Å². The Hall–Kier alpha value is -3.91. The Labute approximate surface area is 266 Å². The highest BCUT2D eigenvalue weighted by Crippen LogP contribution is 2.40. The summed E-state index contributed by atoms with van der Waals surface area (Å²) < 4.78 is 13.2. The van der Waals surface area contributed by atoms with Crippen LogP contribution >= 0.6 is 23.5 Å². The lowest BCUT2D eigenvalue weighted by Gasteiger charge is -2.33. The van der Waals surface area contributed by atoms with Gasteiger partial charge in [-0.2, -0.15) is 0 Å². The van der Waals surface area contributed by atoms with Crippen LogP contribution in [0.15, 0.2) is 108 Å². The zero-order valence-electron chi connectivity index (χ0n) is 24.3. The molecule has 1 fully saturated rings. The molecule has 1 N–H and O–H groups in total. The number of aliphatic imine (C=N–C) groups is 1. The van der Waals surface area contributed by atoms with Crippen molar-refractivity contribution in [2.24, 2.45) is 4.99 Å². The summed E-state index contributed by atoms with van der Waals surface area (Å²) in [5.74, 6) is 5.72. The predicted molar refractivity (Wildman–Crippen MR) is 187 cm³/mol. The predicted octanol–water partition coefficient (Wildman–Crippen LogP) is 6.75. The Kier molecular flexibility index (Phi) is 6.22. The van der Waals surface area contributed by atoms with Gasteiger partial charge >= 0.3 is 0 Å². The van der Waals surface area contributed by atoms with E-state index in [-0.39, 0.29) is 11.6 Å². The molecule has 4 aliphatic heterocycles. The molecule has 0 aliphatic carbocycles. The van der Waals surface area contributed by atoms with E-state index in [1.807, 2.05) is 29.6 Å². The maximum Gasteiger partial charge on any atom is 0.260 e. The molecule has 0 aromatic heterocycles. The van der Waals surface area contributed by atoms with Crippen molar-refractivity contribution in [3.05, 3.63) is 114 Å². The summed E-state index contributed by atoms with van der Waals surface area (Å²) in [6.45, 7) is 4.25. The van der Waals surface area contributed by atoms with Crippen LogP contribution in [-0.2, 0) is 4.87 Å². The van der Waals surface area contributed by atoms with E-state index in [0.717, 1.165) is 74.7 Å². The second-order valence-electron chi connectivity index (χ2n) is 11.8. The molecule has 214 valence electrons. The molecule has 1 saturated heterocycles. The number of ether oxygens (including phenoxy) is 2. The van der Waals surface area contributed by atoms with Gasteiger partial charge in [0.2, 0.25) is 0 Å². The molecule has 5 aromatic carbocycles. The first-order valence-electron chi connectivity index (χ1n) is 15.2. The van der Waals surface area contributed by atoms with Gasteiger partial charge in [0, 0.05) is 35.6 Å². The number of hydrogen-bond donors (Lipinski definition) is 1. The van der Waals surface area contributed by atoms with Crippen molar-refractivity contribution in [3.8, 4) is 45.3 Å². The minimum atomic E-state index is -0.0499. The number of nitrogens with one attached hydrogen (secondary N) is 1. The largest absolute Gasteiger partial charge is 0.458 e. The summed E-state index contributed by atoms with van der Waals surface area (Å²) in [5, 5.41) is 4.81. The van der Waals surface area contributed by atoms with E-state index in [1.165, 1.54) is 27.7 Å². The smallest absolute Gasteiger partial charge is 0.260 e. The number of hydrogen-bond acceptors (Lipinski definition) is 6. The van der Waals surface area contributed by atoms with Gasteiger partial charge in [0.25, 0.3) is 6.71 Å². The van der Waals surface area contributed by atoms with Crippen LogP contribution in [0.4, 0.5) is 0 Å². The summed E-state index contributed by atoms with van der Waals surface area (Å²) in [7, 11) is 0. The van der Waals surface area contributed by atoms with Crippen LogP contribution in [0.3, 0.4) is 0 Å². The van der Waals surface area contributed by atoms with Crippen molar-refractivity contribution in [2.75, 3.05) is 24.6 Å². The fourth-order valence-corrected chi connectivity index (χ4v) is 8.86. The van der Waals surface area contributed by atoms with Gasteiger partial charge in [-0.15, -0.1) is 23.5 Å². The fraction of sp³-hybridized carbons (Fsp3) is 0.162. The third kappa shape index (κ3) is 4.32. The Morgan fingerprint density at radius 3 is 1.98 bits per heavy atom. The molecule has 4 aliphatic rings. The van der Waals surface area contributed by atoms with E-state index < -0.39 is 0 Å². The van der Waals surface area contributed by atoms with Crippen molar-refractivity contribution in [2.45, 2.75) is 11.8 Å². The quantitative estimate of drug-likeness (QED) is 0.224. The molecule has 9 rings (SSSR count). The van der Waals surface area contributed by atoms with Crippen LogP contribution in [0.2, 0.25) is 0 Å². The van der Waals surface area contributed by atoms with Crippen LogP contribution in [0.5, 0.6) is 23.0 Å². The van der Waals surface area contributed by atoms with Crippen molar-refractivity contribution < 1.29 is 9.47 Å². The van der Waals surface area contributed by atoms with E-state index in [2.05, 4.69) is 114 Å². The highest BCUT2D eigenvalue weighted by Gasteiger charge is 2.40. The van der Waals surface area contributed by atoms with Gasteiger partial charge in [-0.1, -0.05) is 66.7 Å². The Bertz CT molecular complexity index is 2000. The molecule has 0 bridgehead atoms. The van der Waals surface area contributed by atoms with Gasteiger partial charge in [-0.05, 0) is 82.1 Å². The van der Waals surface area contributed by atoms with Crippen LogP contribution < -0.4 is 31.2 Å². The number of nitrogens with zero attached hydrogens (tertiary/aromatic N) is 1. The molecule has 4 heterocycles. The topological polar surface area (TPSA) is 42.9 Å². The molecule has 1 unspecified atom stereocenters. The van der Waals surface area contributed by atoms with Gasteiger partial charge in [0.15, 0.2) is 0 Å². The average molecular weight is 609 g/mol. The number of thioether (sulfide) groups is 2. The summed E-state index contributed by atoms with van der Waals surface area (Å²) in [5.41, 5.74) is 10.6. The summed E-state index contributed by atoms with van der Waals surface area (Å²) in [4.78, 5) is 4.63. The zero-order valence-corrected chi connectivity index (χ0v) is 25.9. The molecular formula is C37H29BN2O2S2. The lowest BCUT2D eigenvalue weighted by Crippen LogP contribution is -2.57. The van der Waals surface area contributed by atoms with Crippen molar-refractivity contribution >= 4 is 51.7 Å². The first-order chi connectivity index (χ1) is 21.6. The van der Waals surface area contributed by atoms with E-state index >= 15 is 0 Å². The second-order valence-corrected chi connectivity index (χ2v) is 14.4. The normalized spacial score (nSPS) is 19.4. The molecule has 7 heteroatoms. The zero-order chi connectivity index (χ0) is 29.3. The average Bonchev–Trinajstić information content (AvgIpc) is 3.78. The van der Waals surface area contributed by atoms with E-state index in [0.29, 0.717) is 0 Å². The summed E-state index contributed by atoms with van der Waals surface area (Å²) >= 11 is 3.81. The number of fused-ring (bicyclic) bond motifs is 4. The highest BCUT2D eigenvalue weighted by atomic mass is 32.2. The lowest BCUT2D eigenvalue weighted by atomic mass is 9.35. The third-order valence-corrected chi connectivity index (χ3v) is 11.5. The van der Waals surface area contributed by atoms with Gasteiger partial charge in [0.05, 0.1) is 9.91 Å². The molecule has 5 aromatic rings. The van der Waals surface area contributed by atoms with Crippen LogP contribution in [0.1, 0.15) is 18.1 Å². The van der Waals surface area contributed by atoms with Crippen molar-refractivity contribution in [1.29, 1.82) is 0 Å². The van der Waals surface area contributed by atoms with E-state index in [9.17, 15) is 0 Å². The highest BCUT2D eigenvalue weighted by molar-refractivity contribution is 8.14. The van der Waals surface area contributed by atoms with E-state index in [4.69, 9.17) is 9.47 Å². The Morgan fingerprint density at radius 2 is 1.32 bits per heavy atom. The van der Waals surface area contributed by atoms with Gasteiger partial charge < -0.3 is 9.47 Å². The Morgan fingerprint density at radius 1 is 0.682 bits per heavy atom. The second kappa shape index (κ2) is 10.3. The monoisotopic (exact) mass is 608 g/mol. The van der Waals surface area contributed by atoms with Crippen LogP contribution in [-0.4, -0.2) is 36.4 Å². The van der Waals surface area contributed by atoms with Crippen molar-refractivity contribution in [1.82, 2.24) is 5.32 Å². The lowest BCUT2D eigenvalue weighted by molar-refractivity contribution is 0.464.